The van der Waals surface area contributed by atoms with Crippen molar-refractivity contribution in [1.29, 1.82) is 5.26 Å². The zero-order valence-corrected chi connectivity index (χ0v) is 16.6. The summed E-state index contributed by atoms with van der Waals surface area (Å²) in [6.45, 7) is -0.450. The Morgan fingerprint density at radius 3 is 2.55 bits per heavy atom. The van der Waals surface area contributed by atoms with Crippen LogP contribution >= 0.6 is 0 Å². The fourth-order valence-corrected chi connectivity index (χ4v) is 3.23. The van der Waals surface area contributed by atoms with E-state index in [9.17, 15) is 14.9 Å². The van der Waals surface area contributed by atoms with Crippen molar-refractivity contribution in [2.75, 3.05) is 30.9 Å². The summed E-state index contributed by atoms with van der Waals surface area (Å²) in [5.74, 6) is -1.27. The van der Waals surface area contributed by atoms with E-state index in [1.807, 2.05) is 55.4 Å². The van der Waals surface area contributed by atoms with E-state index in [0.29, 0.717) is 11.3 Å². The van der Waals surface area contributed by atoms with E-state index in [1.165, 1.54) is 17.2 Å². The van der Waals surface area contributed by atoms with Gasteiger partial charge in [0.1, 0.15) is 11.6 Å². The van der Waals surface area contributed by atoms with Crippen molar-refractivity contribution in [2.45, 2.75) is 19.3 Å². The molecule has 1 aliphatic carbocycles. The lowest BCUT2D eigenvalue weighted by Gasteiger charge is -2.11. The molecular weight excluding hydrogens is 366 g/mol. The third-order valence-corrected chi connectivity index (χ3v) is 4.78. The summed E-state index contributed by atoms with van der Waals surface area (Å²) in [5, 5.41) is 12.0. The first-order valence-corrected chi connectivity index (χ1v) is 9.44. The number of ether oxygens (including phenoxy) is 1. The van der Waals surface area contributed by atoms with Crippen molar-refractivity contribution in [3.8, 4) is 6.07 Å². The van der Waals surface area contributed by atoms with Gasteiger partial charge >= 0.3 is 5.97 Å². The molecule has 6 heteroatoms. The van der Waals surface area contributed by atoms with Crippen LogP contribution in [0.3, 0.4) is 0 Å². The molecule has 0 fully saturated rings. The number of amides is 1. The van der Waals surface area contributed by atoms with Gasteiger partial charge < -0.3 is 15.0 Å². The van der Waals surface area contributed by atoms with Crippen LogP contribution < -0.4 is 10.2 Å². The van der Waals surface area contributed by atoms with Crippen LogP contribution in [0.4, 0.5) is 11.4 Å². The van der Waals surface area contributed by atoms with Gasteiger partial charge in [-0.2, -0.15) is 5.26 Å². The summed E-state index contributed by atoms with van der Waals surface area (Å²) in [6.07, 6.45) is 4.66. The number of hydrogen-bond acceptors (Lipinski definition) is 5. The molecule has 0 radical (unpaired) electrons. The predicted molar refractivity (Wildman–Crippen MR) is 112 cm³/mol. The van der Waals surface area contributed by atoms with E-state index in [0.717, 1.165) is 24.9 Å². The zero-order chi connectivity index (χ0) is 20.8. The number of aryl methyl sites for hydroxylation is 2. The number of benzene rings is 2. The van der Waals surface area contributed by atoms with Gasteiger partial charge in [0.2, 0.25) is 0 Å². The zero-order valence-electron chi connectivity index (χ0n) is 16.6. The van der Waals surface area contributed by atoms with Crippen molar-refractivity contribution in [1.82, 2.24) is 0 Å². The number of nitrogens with zero attached hydrogens (tertiary/aromatic N) is 2. The maximum absolute atomic E-state index is 12.2. The molecule has 2 aromatic carbocycles. The second-order valence-corrected chi connectivity index (χ2v) is 7.12. The van der Waals surface area contributed by atoms with Crippen LogP contribution in [0.25, 0.3) is 6.08 Å². The highest BCUT2D eigenvalue weighted by atomic mass is 16.5. The molecule has 1 amide bonds. The maximum atomic E-state index is 12.2. The molecule has 6 nitrogen and oxygen atoms in total. The summed E-state index contributed by atoms with van der Waals surface area (Å²) in [5.41, 5.74) is 4.79. The molecule has 148 valence electrons. The molecule has 2 aromatic rings. The van der Waals surface area contributed by atoms with E-state index in [-0.39, 0.29) is 5.57 Å². The smallest absolute Gasteiger partial charge is 0.349 e. The van der Waals surface area contributed by atoms with Crippen LogP contribution in [0.1, 0.15) is 23.1 Å². The predicted octanol–water partition coefficient (Wildman–Crippen LogP) is 3.33. The Kier molecular flexibility index (Phi) is 6.30. The number of nitriles is 1. The molecule has 1 aliphatic rings. The largest absolute Gasteiger partial charge is 0.451 e. The minimum Gasteiger partial charge on any atom is -0.451 e. The Hall–Kier alpha value is -3.59. The van der Waals surface area contributed by atoms with Crippen molar-refractivity contribution in [2.24, 2.45) is 0 Å². The molecule has 0 saturated heterocycles. The number of anilines is 2. The van der Waals surface area contributed by atoms with Gasteiger partial charge in [-0.25, -0.2) is 4.79 Å². The summed E-state index contributed by atoms with van der Waals surface area (Å²) in [7, 11) is 3.85. The molecule has 0 saturated carbocycles. The lowest BCUT2D eigenvalue weighted by molar-refractivity contribution is -0.142. The van der Waals surface area contributed by atoms with E-state index >= 15 is 0 Å². The molecule has 0 bridgehead atoms. The van der Waals surface area contributed by atoms with Gasteiger partial charge in [0.25, 0.3) is 5.91 Å². The quantitative estimate of drug-likeness (QED) is 0.466. The lowest BCUT2D eigenvalue weighted by atomic mass is 10.1. The Labute approximate surface area is 170 Å². The summed E-state index contributed by atoms with van der Waals surface area (Å²) >= 11 is 0. The third-order valence-electron chi connectivity index (χ3n) is 4.78. The van der Waals surface area contributed by atoms with Crippen LogP contribution in [-0.2, 0) is 27.2 Å². The van der Waals surface area contributed by atoms with Crippen molar-refractivity contribution in [3.05, 3.63) is 64.7 Å². The number of carbonyl (C=O) groups excluding carboxylic acids is 2. The summed E-state index contributed by atoms with van der Waals surface area (Å²) in [6, 6.07) is 15.0. The topological polar surface area (TPSA) is 82.4 Å². The Bertz CT molecular complexity index is 985. The average Bonchev–Trinajstić information content (AvgIpc) is 3.18. The van der Waals surface area contributed by atoms with E-state index in [1.54, 1.807) is 12.1 Å². The van der Waals surface area contributed by atoms with E-state index in [4.69, 9.17) is 4.74 Å². The average molecular weight is 389 g/mol. The highest BCUT2D eigenvalue weighted by molar-refractivity contribution is 6.00. The number of fused-ring (bicyclic) bond motifs is 1. The minimum atomic E-state index is -0.826. The maximum Gasteiger partial charge on any atom is 0.349 e. The van der Waals surface area contributed by atoms with Crippen molar-refractivity contribution >= 4 is 29.3 Å². The molecule has 29 heavy (non-hydrogen) atoms. The first-order valence-electron chi connectivity index (χ1n) is 9.44. The number of hydrogen-bond donors (Lipinski definition) is 1. The summed E-state index contributed by atoms with van der Waals surface area (Å²) < 4.78 is 5.01. The molecule has 0 spiro atoms. The van der Waals surface area contributed by atoms with Crippen LogP contribution in [0.5, 0.6) is 0 Å². The molecular formula is C23H23N3O3. The normalized spacial score (nSPS) is 12.7. The molecule has 0 atom stereocenters. The molecule has 1 N–H and O–H groups in total. The Morgan fingerprint density at radius 1 is 1.14 bits per heavy atom. The van der Waals surface area contributed by atoms with Crippen molar-refractivity contribution in [3.63, 3.8) is 0 Å². The highest BCUT2D eigenvalue weighted by Gasteiger charge is 2.15. The van der Waals surface area contributed by atoms with Gasteiger partial charge in [0.15, 0.2) is 6.61 Å². The standard InChI is InChI=1S/C23H23N3O3/c1-26(2)21-10-6-16(7-11-21)12-19(14-24)23(28)29-15-22(27)25-20-9-8-17-4-3-5-18(17)13-20/h6-13H,3-5,15H2,1-2H3,(H,25,27)/b19-12+. The Balaban J connectivity index is 1.56. The molecule has 0 heterocycles. The SMILES string of the molecule is CN(C)c1ccc(/C=C(\C#N)C(=O)OCC(=O)Nc2ccc3c(c2)CCC3)cc1. The third kappa shape index (κ3) is 5.23. The summed E-state index contributed by atoms with van der Waals surface area (Å²) in [4.78, 5) is 26.2. The van der Waals surface area contributed by atoms with Gasteiger partial charge in [-0.05, 0) is 66.3 Å². The van der Waals surface area contributed by atoms with E-state index < -0.39 is 18.5 Å². The van der Waals surface area contributed by atoms with E-state index in [2.05, 4.69) is 5.32 Å². The monoisotopic (exact) mass is 389 g/mol. The fraction of sp³-hybridized carbons (Fsp3) is 0.261. The molecule has 3 rings (SSSR count). The van der Waals surface area contributed by atoms with Gasteiger partial charge in [0.05, 0.1) is 0 Å². The van der Waals surface area contributed by atoms with Gasteiger partial charge in [-0.1, -0.05) is 18.2 Å². The number of carbonyl (C=O) groups is 2. The first-order chi connectivity index (χ1) is 14.0. The second-order valence-electron chi connectivity index (χ2n) is 7.12. The Morgan fingerprint density at radius 2 is 1.86 bits per heavy atom. The molecule has 0 aliphatic heterocycles. The van der Waals surface area contributed by atoms with Gasteiger partial charge in [-0.3, -0.25) is 4.79 Å². The van der Waals surface area contributed by atoms with Crippen LogP contribution in [0, 0.1) is 11.3 Å². The first kappa shape index (κ1) is 20.2. The number of nitrogens with one attached hydrogen (secondary N) is 1. The fourth-order valence-electron chi connectivity index (χ4n) is 3.23. The molecule has 0 unspecified atom stereocenters. The number of esters is 1. The molecule has 0 aromatic heterocycles. The van der Waals surface area contributed by atoms with Crippen molar-refractivity contribution < 1.29 is 14.3 Å². The second kappa shape index (κ2) is 9.07. The lowest BCUT2D eigenvalue weighted by Crippen LogP contribution is -2.21. The van der Waals surface area contributed by atoms with Crippen LogP contribution in [0.2, 0.25) is 0 Å². The minimum absolute atomic E-state index is 0.159. The van der Waals surface area contributed by atoms with Gasteiger partial charge in [-0.15, -0.1) is 0 Å². The van der Waals surface area contributed by atoms with Gasteiger partial charge in [0, 0.05) is 25.5 Å². The van der Waals surface area contributed by atoms with Crippen LogP contribution in [0.15, 0.2) is 48.0 Å². The highest BCUT2D eigenvalue weighted by Crippen LogP contribution is 2.24. The van der Waals surface area contributed by atoms with Crippen LogP contribution in [-0.4, -0.2) is 32.6 Å². The number of rotatable bonds is 6.